The maximum Gasteiger partial charge on any atom is 0.140 e. The Morgan fingerprint density at radius 2 is 2.12 bits per heavy atom. The highest BCUT2D eigenvalue weighted by Crippen LogP contribution is 2.56. The lowest BCUT2D eigenvalue weighted by Gasteiger charge is -2.02. The van der Waals surface area contributed by atoms with Crippen LogP contribution in [-0.2, 0) is 7.05 Å². The number of hydrogen-bond acceptors (Lipinski definition) is 4. The van der Waals surface area contributed by atoms with Crippen LogP contribution in [0.1, 0.15) is 35.3 Å². The van der Waals surface area contributed by atoms with Crippen molar-refractivity contribution in [3.8, 4) is 5.75 Å². The summed E-state index contributed by atoms with van der Waals surface area (Å²) in [6.07, 6.45) is 4.96. The highest BCUT2D eigenvalue weighted by atomic mass is 16.5. The number of methoxy groups -OCH3 is 1. The second kappa shape index (κ2) is 5.05. The molecule has 0 spiro atoms. The van der Waals surface area contributed by atoms with E-state index < -0.39 is 0 Å². The molecule has 25 heavy (non-hydrogen) atoms. The molecule has 2 unspecified atom stereocenters. The normalized spacial score (nSPS) is 19.6. The number of rotatable bonds is 3. The first-order valence-electron chi connectivity index (χ1n) is 8.47. The van der Waals surface area contributed by atoms with Crippen LogP contribution in [0.4, 0.5) is 0 Å². The number of aryl methyl sites for hydroxylation is 2. The minimum absolute atomic E-state index is 0.423. The van der Waals surface area contributed by atoms with Crippen molar-refractivity contribution < 1.29 is 4.74 Å². The van der Waals surface area contributed by atoms with Gasteiger partial charge in [-0.15, -0.1) is 0 Å². The van der Waals surface area contributed by atoms with Gasteiger partial charge in [-0.3, -0.25) is 9.67 Å². The van der Waals surface area contributed by atoms with Crippen molar-refractivity contribution in [1.29, 1.82) is 0 Å². The third-order valence-corrected chi connectivity index (χ3v) is 5.24. The molecule has 5 rings (SSSR count). The molecule has 0 saturated heterocycles. The summed E-state index contributed by atoms with van der Waals surface area (Å²) >= 11 is 0. The van der Waals surface area contributed by atoms with E-state index in [1.807, 2.05) is 48.4 Å². The molecular weight excluding hydrogens is 314 g/mol. The maximum atomic E-state index is 5.32. The second-order valence-corrected chi connectivity index (χ2v) is 6.71. The molecule has 1 fully saturated rings. The number of ether oxygens (including phenoxy) is 1. The number of imidazole rings is 1. The summed E-state index contributed by atoms with van der Waals surface area (Å²) in [6, 6.07) is 7.90. The van der Waals surface area contributed by atoms with Crippen LogP contribution in [0.3, 0.4) is 0 Å². The van der Waals surface area contributed by atoms with Gasteiger partial charge in [0.25, 0.3) is 0 Å². The first-order valence-corrected chi connectivity index (χ1v) is 8.47. The van der Waals surface area contributed by atoms with Crippen LogP contribution < -0.4 is 4.74 Å². The third-order valence-electron chi connectivity index (χ3n) is 5.24. The summed E-state index contributed by atoms with van der Waals surface area (Å²) in [5.41, 5.74) is 6.50. The third kappa shape index (κ3) is 2.06. The van der Waals surface area contributed by atoms with Crippen LogP contribution in [-0.4, -0.2) is 31.3 Å². The number of aromatic nitrogens is 5. The highest BCUT2D eigenvalue weighted by molar-refractivity contribution is 5.78. The van der Waals surface area contributed by atoms with Gasteiger partial charge in [0.05, 0.1) is 18.5 Å². The van der Waals surface area contributed by atoms with E-state index in [4.69, 9.17) is 9.72 Å². The fourth-order valence-corrected chi connectivity index (χ4v) is 3.90. The van der Waals surface area contributed by atoms with Crippen molar-refractivity contribution in [3.63, 3.8) is 0 Å². The van der Waals surface area contributed by atoms with Gasteiger partial charge in [0.1, 0.15) is 22.4 Å². The van der Waals surface area contributed by atoms with E-state index >= 15 is 0 Å². The molecule has 6 heteroatoms. The molecule has 2 atom stereocenters. The van der Waals surface area contributed by atoms with E-state index in [9.17, 15) is 0 Å². The topological polar surface area (TPSA) is 57.2 Å². The molecular formula is C19H19N5O. The lowest BCUT2D eigenvalue weighted by atomic mass is 10.1. The Morgan fingerprint density at radius 3 is 2.96 bits per heavy atom. The van der Waals surface area contributed by atoms with Crippen LogP contribution in [0.5, 0.6) is 5.75 Å². The molecule has 1 aliphatic carbocycles. The van der Waals surface area contributed by atoms with Crippen molar-refractivity contribution >= 4 is 16.7 Å². The molecule has 4 heterocycles. The van der Waals surface area contributed by atoms with Crippen molar-refractivity contribution in [1.82, 2.24) is 24.1 Å². The average Bonchev–Trinajstić information content (AvgIpc) is 3.22. The zero-order chi connectivity index (χ0) is 17.1. The van der Waals surface area contributed by atoms with E-state index in [0.717, 1.165) is 28.9 Å². The van der Waals surface area contributed by atoms with Gasteiger partial charge < -0.3 is 9.14 Å². The summed E-state index contributed by atoms with van der Waals surface area (Å²) < 4.78 is 9.43. The van der Waals surface area contributed by atoms with E-state index in [1.165, 1.54) is 17.1 Å². The Hall–Kier alpha value is -2.89. The molecule has 4 aromatic rings. The van der Waals surface area contributed by atoms with Crippen LogP contribution in [0.2, 0.25) is 0 Å². The monoisotopic (exact) mass is 333 g/mol. The first-order chi connectivity index (χ1) is 12.2. The molecule has 0 amide bonds. The standard InChI is InChI=1S/C19H19N5O/c1-11-17(21-16-9-12(25-3)6-8-24(11)16)13-10-14(13)19-18-15(22-23(19)2)5-4-7-20-18/h4-9,13-14H,10H2,1-3H3. The molecule has 1 saturated carbocycles. The SMILES string of the molecule is COc1ccn2c(C)c(C3CC3c3c4ncccc4nn3C)nc2c1. The van der Waals surface area contributed by atoms with E-state index in [-0.39, 0.29) is 0 Å². The second-order valence-electron chi connectivity index (χ2n) is 6.71. The summed E-state index contributed by atoms with van der Waals surface area (Å²) in [7, 11) is 3.69. The van der Waals surface area contributed by atoms with Crippen LogP contribution >= 0.6 is 0 Å². The van der Waals surface area contributed by atoms with Crippen molar-refractivity contribution in [3.05, 3.63) is 53.7 Å². The van der Waals surface area contributed by atoms with Gasteiger partial charge in [-0.05, 0) is 31.5 Å². The van der Waals surface area contributed by atoms with Crippen molar-refractivity contribution in [2.45, 2.75) is 25.2 Å². The number of pyridine rings is 2. The minimum atomic E-state index is 0.423. The van der Waals surface area contributed by atoms with E-state index in [2.05, 4.69) is 21.4 Å². The van der Waals surface area contributed by atoms with Crippen LogP contribution in [0.15, 0.2) is 36.7 Å². The van der Waals surface area contributed by atoms with Crippen molar-refractivity contribution in [2.75, 3.05) is 7.11 Å². The summed E-state index contributed by atoms with van der Waals surface area (Å²) in [6.45, 7) is 2.14. The van der Waals surface area contributed by atoms with Crippen LogP contribution in [0, 0.1) is 6.92 Å². The van der Waals surface area contributed by atoms with Crippen LogP contribution in [0.25, 0.3) is 16.7 Å². The summed E-state index contributed by atoms with van der Waals surface area (Å²) in [5.74, 6) is 1.68. The van der Waals surface area contributed by atoms with Gasteiger partial charge in [-0.25, -0.2) is 4.98 Å². The summed E-state index contributed by atoms with van der Waals surface area (Å²) in [5, 5.41) is 4.60. The molecule has 126 valence electrons. The Labute approximate surface area is 145 Å². The molecule has 6 nitrogen and oxygen atoms in total. The smallest absolute Gasteiger partial charge is 0.140 e. The fraction of sp³-hybridized carbons (Fsp3) is 0.316. The molecule has 0 bridgehead atoms. The molecule has 0 aliphatic heterocycles. The van der Waals surface area contributed by atoms with E-state index in [1.54, 1.807) is 7.11 Å². The largest absolute Gasteiger partial charge is 0.497 e. The minimum Gasteiger partial charge on any atom is -0.497 e. The van der Waals surface area contributed by atoms with Gasteiger partial charge in [-0.2, -0.15) is 5.10 Å². The van der Waals surface area contributed by atoms with Gasteiger partial charge in [0, 0.05) is 43.0 Å². The van der Waals surface area contributed by atoms with Gasteiger partial charge in [0.15, 0.2) is 0 Å². The Morgan fingerprint density at radius 1 is 1.24 bits per heavy atom. The first kappa shape index (κ1) is 14.5. The van der Waals surface area contributed by atoms with E-state index in [0.29, 0.717) is 11.8 Å². The average molecular weight is 333 g/mol. The molecule has 0 radical (unpaired) electrons. The van der Waals surface area contributed by atoms with Gasteiger partial charge in [-0.1, -0.05) is 0 Å². The molecule has 0 aromatic carbocycles. The quantitative estimate of drug-likeness (QED) is 0.578. The lowest BCUT2D eigenvalue weighted by molar-refractivity contribution is 0.414. The Balaban J connectivity index is 1.57. The Kier molecular flexibility index (Phi) is 2.92. The summed E-state index contributed by atoms with van der Waals surface area (Å²) in [4.78, 5) is 9.44. The van der Waals surface area contributed by atoms with Gasteiger partial charge >= 0.3 is 0 Å². The molecule has 1 aliphatic rings. The number of fused-ring (bicyclic) bond motifs is 2. The number of nitrogens with zero attached hydrogens (tertiary/aromatic N) is 5. The molecule has 0 N–H and O–H groups in total. The lowest BCUT2D eigenvalue weighted by Crippen LogP contribution is -1.98. The molecule has 4 aromatic heterocycles. The zero-order valence-electron chi connectivity index (χ0n) is 14.5. The Bertz CT molecular complexity index is 1110. The maximum absolute atomic E-state index is 5.32. The predicted molar refractivity (Wildman–Crippen MR) is 95.1 cm³/mol. The predicted octanol–water partition coefficient (Wildman–Crippen LogP) is 3.20. The van der Waals surface area contributed by atoms with Gasteiger partial charge in [0.2, 0.25) is 0 Å². The highest BCUT2D eigenvalue weighted by Gasteiger charge is 2.45. The fourth-order valence-electron chi connectivity index (χ4n) is 3.90. The zero-order valence-corrected chi connectivity index (χ0v) is 14.5. The number of hydrogen-bond donors (Lipinski definition) is 0. The van der Waals surface area contributed by atoms with Crippen molar-refractivity contribution in [2.24, 2.45) is 7.05 Å².